The van der Waals surface area contributed by atoms with Crippen molar-refractivity contribution in [1.29, 1.82) is 0 Å². The van der Waals surface area contributed by atoms with Crippen molar-refractivity contribution in [2.45, 2.75) is 6.42 Å². The van der Waals surface area contributed by atoms with E-state index in [0.29, 0.717) is 39.1 Å². The van der Waals surface area contributed by atoms with Gasteiger partial charge in [0.25, 0.3) is 0 Å². The molecule has 3 fully saturated rings. The highest BCUT2D eigenvalue weighted by atomic mass is 35.5. The van der Waals surface area contributed by atoms with Crippen LogP contribution in [0.3, 0.4) is 0 Å². The highest BCUT2D eigenvalue weighted by Gasteiger charge is 2.67. The highest BCUT2D eigenvalue weighted by molar-refractivity contribution is 6.35. The third kappa shape index (κ3) is 2.52. The SMILES string of the molecule is O=C1[C@@H]2[C@H]3C=C[C@H]([C@H]4C[C@H]34)[C@@H]2C(=O)N1c1ccc(Oc2ccc(Cl)cc2Cl)cc1. The lowest BCUT2D eigenvalue weighted by atomic mass is 9.63. The fourth-order valence-electron chi connectivity index (χ4n) is 5.56. The van der Waals surface area contributed by atoms with Gasteiger partial charge < -0.3 is 4.74 Å². The molecule has 0 unspecified atom stereocenters. The summed E-state index contributed by atoms with van der Waals surface area (Å²) >= 11 is 12.1. The molecule has 1 heterocycles. The number of ether oxygens (including phenoxy) is 1. The van der Waals surface area contributed by atoms with E-state index < -0.39 is 0 Å². The Balaban J connectivity index is 1.26. The van der Waals surface area contributed by atoms with Crippen molar-refractivity contribution in [1.82, 2.24) is 0 Å². The van der Waals surface area contributed by atoms with E-state index in [-0.39, 0.29) is 35.5 Å². The average Bonchev–Trinajstić information content (AvgIpc) is 3.49. The van der Waals surface area contributed by atoms with E-state index >= 15 is 0 Å². The van der Waals surface area contributed by atoms with E-state index in [4.69, 9.17) is 27.9 Å². The van der Waals surface area contributed by atoms with Crippen molar-refractivity contribution in [3.63, 3.8) is 0 Å². The van der Waals surface area contributed by atoms with E-state index in [9.17, 15) is 9.59 Å². The molecule has 1 saturated heterocycles. The van der Waals surface area contributed by atoms with Crippen LogP contribution in [0.15, 0.2) is 54.6 Å². The summed E-state index contributed by atoms with van der Waals surface area (Å²) in [5, 5.41) is 0.948. The molecule has 146 valence electrons. The predicted molar refractivity (Wildman–Crippen MR) is 110 cm³/mol. The molecule has 0 aromatic heterocycles. The minimum absolute atomic E-state index is 0.0564. The van der Waals surface area contributed by atoms with Crippen LogP contribution in [0.5, 0.6) is 11.5 Å². The maximum absolute atomic E-state index is 13.2. The molecule has 7 rings (SSSR count). The number of carbonyl (C=O) groups excluding carboxylic acids is 2. The molecule has 4 nitrogen and oxygen atoms in total. The summed E-state index contributed by atoms with van der Waals surface area (Å²) < 4.78 is 5.81. The number of hydrogen-bond donors (Lipinski definition) is 0. The summed E-state index contributed by atoms with van der Waals surface area (Å²) in [6, 6.07) is 12.0. The maximum atomic E-state index is 13.2. The molecule has 0 radical (unpaired) electrons. The van der Waals surface area contributed by atoms with Crippen LogP contribution in [-0.4, -0.2) is 11.8 Å². The molecule has 6 atom stereocenters. The third-order valence-corrected chi connectivity index (χ3v) is 7.41. The number of imide groups is 1. The largest absolute Gasteiger partial charge is 0.456 e. The van der Waals surface area contributed by atoms with E-state index in [1.807, 2.05) is 0 Å². The Bertz CT molecular complexity index is 1040. The number of benzene rings is 2. The fraction of sp³-hybridized carbons (Fsp3) is 0.304. The lowest BCUT2D eigenvalue weighted by molar-refractivity contribution is -0.124. The minimum atomic E-state index is -0.190. The van der Waals surface area contributed by atoms with Gasteiger partial charge in [0.15, 0.2) is 0 Å². The van der Waals surface area contributed by atoms with Gasteiger partial charge >= 0.3 is 0 Å². The number of amides is 2. The molecular weight excluding hydrogens is 409 g/mol. The zero-order chi connectivity index (χ0) is 19.9. The van der Waals surface area contributed by atoms with Gasteiger partial charge in [-0.2, -0.15) is 0 Å². The second-order valence-corrected chi connectivity index (χ2v) is 9.18. The molecule has 0 N–H and O–H groups in total. The topological polar surface area (TPSA) is 46.6 Å². The standard InChI is InChI=1S/C23H17Cl2NO3/c24-11-1-8-19(18(25)9-11)29-13-4-2-12(3-5-13)26-22(27)20-14-6-7-15(17-10-16(14)17)21(20)23(26)28/h1-9,14-17,20-21H,10H2/t14-,15+,16-,17-,20+,21-/m1/s1. The van der Waals surface area contributed by atoms with Crippen LogP contribution in [0.1, 0.15) is 6.42 Å². The summed E-state index contributed by atoms with van der Waals surface area (Å²) in [6.07, 6.45) is 5.53. The van der Waals surface area contributed by atoms with Gasteiger partial charge in [-0.1, -0.05) is 35.4 Å². The van der Waals surface area contributed by atoms with Crippen LogP contribution in [-0.2, 0) is 9.59 Å². The van der Waals surface area contributed by atoms with Gasteiger partial charge in [-0.15, -0.1) is 0 Å². The first-order valence-corrected chi connectivity index (χ1v) is 10.6. The van der Waals surface area contributed by atoms with Gasteiger partial charge in [0, 0.05) is 5.02 Å². The summed E-state index contributed by atoms with van der Waals surface area (Å²) in [6.45, 7) is 0. The first kappa shape index (κ1) is 17.5. The molecule has 2 aromatic carbocycles. The Morgan fingerprint density at radius 1 is 0.862 bits per heavy atom. The Labute approximate surface area is 178 Å². The molecule has 6 heteroatoms. The predicted octanol–water partition coefficient (Wildman–Crippen LogP) is 5.34. The first-order valence-electron chi connectivity index (χ1n) is 9.82. The van der Waals surface area contributed by atoms with Crippen LogP contribution in [0.4, 0.5) is 5.69 Å². The third-order valence-electron chi connectivity index (χ3n) is 6.88. The average molecular weight is 426 g/mol. The monoisotopic (exact) mass is 425 g/mol. The molecular formula is C23H17Cl2NO3. The number of rotatable bonds is 3. The molecule has 2 aromatic rings. The summed E-state index contributed by atoms with van der Waals surface area (Å²) in [7, 11) is 0. The van der Waals surface area contributed by atoms with E-state index in [1.54, 1.807) is 42.5 Å². The van der Waals surface area contributed by atoms with Crippen molar-refractivity contribution in [3.05, 3.63) is 64.7 Å². The fourth-order valence-corrected chi connectivity index (χ4v) is 6.01. The highest BCUT2D eigenvalue weighted by Crippen LogP contribution is 2.65. The Kier molecular flexibility index (Phi) is 3.69. The van der Waals surface area contributed by atoms with Crippen LogP contribution in [0.25, 0.3) is 0 Å². The van der Waals surface area contributed by atoms with Crippen molar-refractivity contribution < 1.29 is 14.3 Å². The normalized spacial score (nSPS) is 33.7. The van der Waals surface area contributed by atoms with Gasteiger partial charge in [0.1, 0.15) is 11.5 Å². The van der Waals surface area contributed by atoms with E-state index in [2.05, 4.69) is 12.2 Å². The smallest absolute Gasteiger partial charge is 0.238 e. The van der Waals surface area contributed by atoms with Gasteiger partial charge in [-0.05, 0) is 72.6 Å². The minimum Gasteiger partial charge on any atom is -0.456 e. The Hall–Kier alpha value is -2.30. The summed E-state index contributed by atoms with van der Waals surface area (Å²) in [5.41, 5.74) is 0.594. The van der Waals surface area contributed by atoms with Crippen LogP contribution < -0.4 is 9.64 Å². The summed E-state index contributed by atoms with van der Waals surface area (Å²) in [5.74, 6) is 2.22. The van der Waals surface area contributed by atoms with E-state index in [0.717, 1.165) is 6.42 Å². The lowest BCUT2D eigenvalue weighted by Crippen LogP contribution is -2.40. The van der Waals surface area contributed by atoms with Crippen molar-refractivity contribution in [2.24, 2.45) is 35.5 Å². The first-order chi connectivity index (χ1) is 14.0. The second kappa shape index (κ2) is 6.10. The maximum Gasteiger partial charge on any atom is 0.238 e. The number of halogens is 2. The van der Waals surface area contributed by atoms with Crippen molar-refractivity contribution >= 4 is 40.7 Å². The summed E-state index contributed by atoms with van der Waals surface area (Å²) in [4.78, 5) is 27.7. The molecule has 2 amide bonds. The number of allylic oxidation sites excluding steroid dienone is 2. The van der Waals surface area contributed by atoms with E-state index in [1.165, 1.54) is 4.90 Å². The number of nitrogens with zero attached hydrogens (tertiary/aromatic N) is 1. The molecule has 1 aliphatic heterocycles. The Morgan fingerprint density at radius 3 is 2.07 bits per heavy atom. The van der Waals surface area contributed by atoms with Crippen LogP contribution >= 0.6 is 23.2 Å². The van der Waals surface area contributed by atoms with Crippen LogP contribution in [0, 0.1) is 35.5 Å². The van der Waals surface area contributed by atoms with Crippen molar-refractivity contribution in [2.75, 3.05) is 4.90 Å². The molecule has 2 bridgehead atoms. The van der Waals surface area contributed by atoms with Gasteiger partial charge in [-0.25, -0.2) is 0 Å². The molecule has 5 aliphatic rings. The zero-order valence-electron chi connectivity index (χ0n) is 15.3. The van der Waals surface area contributed by atoms with Gasteiger partial charge in [0.05, 0.1) is 22.5 Å². The number of carbonyl (C=O) groups is 2. The molecule has 0 spiro atoms. The Morgan fingerprint density at radius 2 is 1.48 bits per heavy atom. The quantitative estimate of drug-likeness (QED) is 0.492. The van der Waals surface area contributed by atoms with Gasteiger partial charge in [0.2, 0.25) is 11.8 Å². The number of hydrogen-bond acceptors (Lipinski definition) is 3. The molecule has 2 saturated carbocycles. The van der Waals surface area contributed by atoms with Crippen LogP contribution in [0.2, 0.25) is 10.0 Å². The zero-order valence-corrected chi connectivity index (χ0v) is 16.8. The molecule has 29 heavy (non-hydrogen) atoms. The van der Waals surface area contributed by atoms with Gasteiger partial charge in [-0.3, -0.25) is 14.5 Å². The number of anilines is 1. The molecule has 4 aliphatic carbocycles. The van der Waals surface area contributed by atoms with Crippen molar-refractivity contribution in [3.8, 4) is 11.5 Å². The second-order valence-electron chi connectivity index (χ2n) is 8.34. The lowest BCUT2D eigenvalue weighted by Gasteiger charge is -2.37.